The van der Waals surface area contributed by atoms with Gasteiger partial charge in [-0.25, -0.2) is 0 Å². The Morgan fingerprint density at radius 2 is 1.75 bits per heavy atom. The average molecular weight is 277 g/mol. The molecule has 4 aliphatic carbocycles. The summed E-state index contributed by atoms with van der Waals surface area (Å²) >= 11 is 0. The van der Waals surface area contributed by atoms with Gasteiger partial charge in [-0.05, 0) is 78.4 Å². The lowest BCUT2D eigenvalue weighted by Gasteiger charge is -2.62. The van der Waals surface area contributed by atoms with Gasteiger partial charge in [-0.2, -0.15) is 0 Å². The summed E-state index contributed by atoms with van der Waals surface area (Å²) in [6.45, 7) is 15.2. The first-order chi connectivity index (χ1) is 9.37. The molecule has 0 aromatic heterocycles. The number of fused-ring (bicyclic) bond motifs is 2. The Labute approximate surface area is 127 Å². The fourth-order valence-corrected chi connectivity index (χ4v) is 6.68. The van der Waals surface area contributed by atoms with Crippen molar-refractivity contribution in [3.8, 4) is 0 Å². The second kappa shape index (κ2) is 5.03. The summed E-state index contributed by atoms with van der Waals surface area (Å²) in [6, 6.07) is 0. The van der Waals surface area contributed by atoms with Gasteiger partial charge in [0.05, 0.1) is 0 Å². The van der Waals surface area contributed by atoms with Crippen molar-refractivity contribution in [2.75, 3.05) is 0 Å². The summed E-state index contributed by atoms with van der Waals surface area (Å²) in [7, 11) is 0. The fraction of sp³-hybridized carbons (Fsp3) is 1.00. The third kappa shape index (κ3) is 2.00. The first-order valence-electron chi connectivity index (χ1n) is 9.37. The van der Waals surface area contributed by atoms with Gasteiger partial charge in [-0.15, -0.1) is 0 Å². The highest BCUT2D eigenvalue weighted by Gasteiger charge is 2.62. The van der Waals surface area contributed by atoms with Gasteiger partial charge < -0.3 is 0 Å². The molecule has 0 nitrogen and oxygen atoms in total. The number of hydrogen-bond acceptors (Lipinski definition) is 0. The number of hydrogen-bond donors (Lipinski definition) is 0. The van der Waals surface area contributed by atoms with Gasteiger partial charge in [0.1, 0.15) is 0 Å². The van der Waals surface area contributed by atoms with E-state index in [1.54, 1.807) is 6.42 Å². The van der Waals surface area contributed by atoms with Gasteiger partial charge in [-0.1, -0.05) is 48.0 Å². The van der Waals surface area contributed by atoms with Crippen molar-refractivity contribution in [1.29, 1.82) is 0 Å². The molecule has 2 bridgehead atoms. The molecule has 8 unspecified atom stereocenters. The molecule has 116 valence electrons. The van der Waals surface area contributed by atoms with Crippen molar-refractivity contribution < 1.29 is 0 Å². The van der Waals surface area contributed by atoms with E-state index in [2.05, 4.69) is 41.5 Å². The highest BCUT2D eigenvalue weighted by atomic mass is 14.7. The predicted octanol–water partition coefficient (Wildman–Crippen LogP) is 6.01. The van der Waals surface area contributed by atoms with Crippen molar-refractivity contribution in [3.05, 3.63) is 0 Å². The molecule has 0 amide bonds. The highest BCUT2D eigenvalue weighted by molar-refractivity contribution is 5.10. The summed E-state index contributed by atoms with van der Waals surface area (Å²) in [6.07, 6.45) is 7.50. The molecule has 0 spiro atoms. The van der Waals surface area contributed by atoms with E-state index in [1.165, 1.54) is 25.7 Å². The molecule has 0 heteroatoms. The second-order valence-corrected chi connectivity index (χ2v) is 9.32. The molecule has 4 aliphatic rings. The standard InChI is InChI=1S/C20H36/c1-7-12(2)10-18-17-11-15-8-9-16(14(4)13(15)3)19(17)20(18,5)6/h12-19H,7-11H2,1-6H3. The Morgan fingerprint density at radius 3 is 2.40 bits per heavy atom. The zero-order chi connectivity index (χ0) is 14.7. The molecule has 0 radical (unpaired) electrons. The van der Waals surface area contributed by atoms with Gasteiger partial charge in [0.25, 0.3) is 0 Å². The normalized spacial score (nSPS) is 51.0. The summed E-state index contributed by atoms with van der Waals surface area (Å²) in [4.78, 5) is 0. The maximum atomic E-state index is 2.61. The highest BCUT2D eigenvalue weighted by Crippen LogP contribution is 2.68. The van der Waals surface area contributed by atoms with Crippen molar-refractivity contribution in [2.24, 2.45) is 52.8 Å². The Balaban J connectivity index is 1.84. The molecule has 0 aromatic carbocycles. The topological polar surface area (TPSA) is 0 Å². The minimum Gasteiger partial charge on any atom is -0.0651 e. The van der Waals surface area contributed by atoms with Crippen LogP contribution in [0.2, 0.25) is 0 Å². The molecule has 4 fully saturated rings. The van der Waals surface area contributed by atoms with Crippen LogP contribution in [0.15, 0.2) is 0 Å². The minimum atomic E-state index is 0.617. The zero-order valence-corrected chi connectivity index (χ0v) is 14.7. The summed E-state index contributed by atoms with van der Waals surface area (Å²) in [5.74, 6) is 8.11. The fourth-order valence-electron chi connectivity index (χ4n) is 6.68. The minimum absolute atomic E-state index is 0.617. The van der Waals surface area contributed by atoms with Crippen LogP contribution in [0, 0.1) is 52.8 Å². The molecule has 0 aliphatic heterocycles. The van der Waals surface area contributed by atoms with Crippen LogP contribution in [-0.4, -0.2) is 0 Å². The zero-order valence-electron chi connectivity index (χ0n) is 14.7. The van der Waals surface area contributed by atoms with E-state index >= 15 is 0 Å². The lowest BCUT2D eigenvalue weighted by molar-refractivity contribution is -0.141. The quantitative estimate of drug-likeness (QED) is 0.592. The molecule has 0 saturated heterocycles. The summed E-state index contributed by atoms with van der Waals surface area (Å²) in [5.41, 5.74) is 0.617. The first-order valence-corrected chi connectivity index (χ1v) is 9.37. The molecule has 4 rings (SSSR count). The molecule has 0 N–H and O–H groups in total. The van der Waals surface area contributed by atoms with Crippen molar-refractivity contribution in [2.45, 2.75) is 73.6 Å². The van der Waals surface area contributed by atoms with Gasteiger partial charge in [0, 0.05) is 0 Å². The van der Waals surface area contributed by atoms with Crippen LogP contribution in [0.4, 0.5) is 0 Å². The second-order valence-electron chi connectivity index (χ2n) is 9.32. The van der Waals surface area contributed by atoms with Crippen molar-refractivity contribution in [1.82, 2.24) is 0 Å². The van der Waals surface area contributed by atoms with Crippen LogP contribution in [0.25, 0.3) is 0 Å². The van der Waals surface area contributed by atoms with E-state index < -0.39 is 0 Å². The first kappa shape index (κ1) is 14.9. The SMILES string of the molecule is CCC(C)CC1C2CC3CCC(C(C)C3C)C2C1(C)C. The maximum absolute atomic E-state index is 2.61. The Hall–Kier alpha value is 0. The van der Waals surface area contributed by atoms with E-state index in [9.17, 15) is 0 Å². The average Bonchev–Trinajstić information content (AvgIpc) is 2.65. The van der Waals surface area contributed by atoms with Crippen molar-refractivity contribution in [3.63, 3.8) is 0 Å². The van der Waals surface area contributed by atoms with E-state index in [4.69, 9.17) is 0 Å². The number of rotatable bonds is 3. The Morgan fingerprint density at radius 1 is 1.05 bits per heavy atom. The molecular formula is C20H36. The van der Waals surface area contributed by atoms with Gasteiger partial charge in [-0.3, -0.25) is 0 Å². The molecule has 0 aromatic rings. The largest absolute Gasteiger partial charge is 0.0651 e. The van der Waals surface area contributed by atoms with Crippen LogP contribution in [0.3, 0.4) is 0 Å². The third-order valence-electron chi connectivity index (χ3n) is 8.30. The van der Waals surface area contributed by atoms with Gasteiger partial charge in [0.15, 0.2) is 0 Å². The van der Waals surface area contributed by atoms with E-state index in [1.807, 2.05) is 0 Å². The lowest BCUT2D eigenvalue weighted by Crippen LogP contribution is -2.56. The van der Waals surface area contributed by atoms with E-state index in [0.717, 1.165) is 47.3 Å². The van der Waals surface area contributed by atoms with Crippen molar-refractivity contribution >= 4 is 0 Å². The maximum Gasteiger partial charge on any atom is -0.0289 e. The van der Waals surface area contributed by atoms with Crippen LogP contribution in [0.5, 0.6) is 0 Å². The third-order valence-corrected chi connectivity index (χ3v) is 8.30. The molecular weight excluding hydrogens is 240 g/mol. The van der Waals surface area contributed by atoms with Crippen LogP contribution >= 0.6 is 0 Å². The molecule has 8 atom stereocenters. The smallest absolute Gasteiger partial charge is 0.0289 e. The van der Waals surface area contributed by atoms with E-state index in [-0.39, 0.29) is 0 Å². The monoisotopic (exact) mass is 276 g/mol. The molecule has 20 heavy (non-hydrogen) atoms. The molecule has 0 heterocycles. The lowest BCUT2D eigenvalue weighted by atomic mass is 9.43. The Kier molecular flexibility index (Phi) is 3.75. The summed E-state index contributed by atoms with van der Waals surface area (Å²) < 4.78 is 0. The van der Waals surface area contributed by atoms with Crippen LogP contribution < -0.4 is 0 Å². The van der Waals surface area contributed by atoms with E-state index in [0.29, 0.717) is 5.41 Å². The predicted molar refractivity (Wildman–Crippen MR) is 87.5 cm³/mol. The van der Waals surface area contributed by atoms with Gasteiger partial charge in [0.2, 0.25) is 0 Å². The summed E-state index contributed by atoms with van der Waals surface area (Å²) in [5, 5.41) is 0. The Bertz CT molecular complexity index is 355. The van der Waals surface area contributed by atoms with Crippen LogP contribution in [-0.2, 0) is 0 Å². The molecule has 4 saturated carbocycles. The van der Waals surface area contributed by atoms with Gasteiger partial charge >= 0.3 is 0 Å². The van der Waals surface area contributed by atoms with Crippen LogP contribution in [0.1, 0.15) is 73.6 Å².